The first-order chi connectivity index (χ1) is 13.5. The normalized spacial score (nSPS) is 12.7. The maximum absolute atomic E-state index is 13.3. The van der Waals surface area contributed by atoms with Crippen LogP contribution >= 0.6 is 0 Å². The Morgan fingerprint density at radius 2 is 1.17 bits per heavy atom. The molecule has 0 heterocycles. The molecule has 0 unspecified atom stereocenters. The van der Waals surface area contributed by atoms with Crippen molar-refractivity contribution in [3.05, 3.63) is 0 Å². The van der Waals surface area contributed by atoms with Crippen LogP contribution in [0.2, 0.25) is 0 Å². The highest BCUT2D eigenvalue weighted by molar-refractivity contribution is 6.00. The molecule has 0 aromatic heterocycles. The average Bonchev–Trinajstić information content (AvgIpc) is 2.62. The molecule has 0 saturated carbocycles. The van der Waals surface area contributed by atoms with E-state index in [1.807, 2.05) is 0 Å². The van der Waals surface area contributed by atoms with E-state index in [0.717, 1.165) is 6.42 Å². The maximum atomic E-state index is 13.3. The fourth-order valence-electron chi connectivity index (χ4n) is 2.98. The van der Waals surface area contributed by atoms with E-state index >= 15 is 0 Å². The van der Waals surface area contributed by atoms with Crippen LogP contribution in [0.1, 0.15) is 71.6 Å². The summed E-state index contributed by atoms with van der Waals surface area (Å²) in [5.41, 5.74) is -1.91. The van der Waals surface area contributed by atoms with Gasteiger partial charge in [0.2, 0.25) is 0 Å². The highest BCUT2D eigenvalue weighted by atomic mass is 19.4. The lowest BCUT2D eigenvalue weighted by molar-refractivity contribution is -0.284. The Morgan fingerprint density at radius 3 is 1.62 bits per heavy atom. The topological polar surface area (TPSA) is 72.8 Å². The quantitative estimate of drug-likeness (QED) is 0.174. The van der Waals surface area contributed by atoms with Crippen molar-refractivity contribution in [3.8, 4) is 0 Å². The van der Waals surface area contributed by atoms with Gasteiger partial charge >= 0.3 is 24.0 Å². The Kier molecular flexibility index (Phi) is 12.3. The largest absolute Gasteiger partial charge is 0.465 e. The molecule has 1 N–H and O–H groups in total. The Balaban J connectivity index is 5.34. The summed E-state index contributed by atoms with van der Waals surface area (Å²) in [6.07, 6.45) is -5.51. The van der Waals surface area contributed by atoms with Gasteiger partial charge in [-0.25, -0.2) is 0 Å². The molecule has 0 saturated heterocycles. The van der Waals surface area contributed by atoms with Crippen LogP contribution in [-0.2, 0) is 19.1 Å². The van der Waals surface area contributed by atoms with Gasteiger partial charge in [-0.1, -0.05) is 25.7 Å². The minimum atomic E-state index is -5.70. The number of ether oxygens (including phenoxy) is 2. The molecule has 29 heavy (non-hydrogen) atoms. The third-order valence-electron chi connectivity index (χ3n) is 4.60. The van der Waals surface area contributed by atoms with Crippen LogP contribution in [0.25, 0.3) is 0 Å². The number of esters is 2. The second kappa shape index (κ2) is 13.0. The average molecular weight is 434 g/mol. The summed E-state index contributed by atoms with van der Waals surface area (Å²) in [7, 11) is 0. The van der Waals surface area contributed by atoms with Crippen molar-refractivity contribution in [1.82, 2.24) is 0 Å². The highest BCUT2D eigenvalue weighted by Gasteiger charge is 2.57. The SMILES string of the molecule is CCOC(=O)C(CCCCCCCO)(CCCC(F)(F)C(F)(F)F)C(=O)OCC. The van der Waals surface area contributed by atoms with E-state index in [9.17, 15) is 31.5 Å². The Bertz CT molecular complexity index is 476. The predicted octanol–water partition coefficient (Wildman–Crippen LogP) is 4.80. The Morgan fingerprint density at radius 1 is 0.724 bits per heavy atom. The van der Waals surface area contributed by atoms with Gasteiger partial charge in [0.25, 0.3) is 0 Å². The molecule has 10 heteroatoms. The lowest BCUT2D eigenvalue weighted by Crippen LogP contribution is -2.43. The lowest BCUT2D eigenvalue weighted by atomic mass is 9.77. The number of hydrogen-bond acceptors (Lipinski definition) is 5. The van der Waals surface area contributed by atoms with Gasteiger partial charge in [-0.3, -0.25) is 9.59 Å². The number of carbonyl (C=O) groups is 2. The molecule has 0 radical (unpaired) electrons. The molecule has 5 nitrogen and oxygen atoms in total. The molecule has 0 aliphatic heterocycles. The number of aliphatic hydroxyl groups is 1. The number of rotatable bonds is 15. The Labute approximate surface area is 167 Å². The first-order valence-corrected chi connectivity index (χ1v) is 9.88. The molecular weight excluding hydrogens is 403 g/mol. The van der Waals surface area contributed by atoms with Crippen LogP contribution in [0.3, 0.4) is 0 Å². The molecule has 0 atom stereocenters. The smallest absolute Gasteiger partial charge is 0.453 e. The minimum absolute atomic E-state index is 0.0446. The number of halogens is 5. The molecule has 0 aliphatic rings. The summed E-state index contributed by atoms with van der Waals surface area (Å²) in [5, 5.41) is 8.77. The van der Waals surface area contributed by atoms with E-state index in [0.29, 0.717) is 25.7 Å². The lowest BCUT2D eigenvalue weighted by Gasteiger charge is -2.30. The molecule has 0 amide bonds. The molecular formula is C19H31F5O5. The van der Waals surface area contributed by atoms with E-state index < -0.39 is 48.7 Å². The predicted molar refractivity (Wildman–Crippen MR) is 95.3 cm³/mol. The van der Waals surface area contributed by atoms with E-state index in [-0.39, 0.29) is 26.2 Å². The zero-order chi connectivity index (χ0) is 22.6. The van der Waals surface area contributed by atoms with Gasteiger partial charge in [-0.05, 0) is 39.5 Å². The van der Waals surface area contributed by atoms with Gasteiger partial charge in [0, 0.05) is 13.0 Å². The van der Waals surface area contributed by atoms with Gasteiger partial charge in [0.15, 0.2) is 5.41 Å². The van der Waals surface area contributed by atoms with E-state index in [1.54, 1.807) is 0 Å². The van der Waals surface area contributed by atoms with E-state index in [2.05, 4.69) is 0 Å². The first kappa shape index (κ1) is 27.5. The zero-order valence-electron chi connectivity index (χ0n) is 17.0. The molecule has 0 aromatic carbocycles. The van der Waals surface area contributed by atoms with Gasteiger partial charge < -0.3 is 14.6 Å². The van der Waals surface area contributed by atoms with Crippen LogP contribution in [-0.4, -0.2) is 49.0 Å². The molecule has 0 aromatic rings. The number of aliphatic hydroxyl groups excluding tert-OH is 1. The molecule has 0 spiro atoms. The van der Waals surface area contributed by atoms with Gasteiger partial charge in [0.1, 0.15) is 0 Å². The third-order valence-corrected chi connectivity index (χ3v) is 4.60. The fourth-order valence-corrected chi connectivity index (χ4v) is 2.98. The first-order valence-electron chi connectivity index (χ1n) is 9.88. The number of hydrogen-bond donors (Lipinski definition) is 1. The summed E-state index contributed by atoms with van der Waals surface area (Å²) in [6, 6.07) is 0. The van der Waals surface area contributed by atoms with Crippen LogP contribution in [0.15, 0.2) is 0 Å². The van der Waals surface area contributed by atoms with Gasteiger partial charge in [-0.2, -0.15) is 22.0 Å². The molecule has 172 valence electrons. The standard InChI is InChI=1S/C19H31F5O5/c1-3-28-15(26)17(16(27)29-4-2,11-8-6-5-7-9-14-25)12-10-13-18(20,21)19(22,23)24/h25H,3-14H2,1-2H3. The molecule has 0 rings (SSSR count). The molecule has 0 fully saturated rings. The van der Waals surface area contributed by atoms with Crippen LogP contribution < -0.4 is 0 Å². The fraction of sp³-hybridized carbons (Fsp3) is 0.895. The maximum Gasteiger partial charge on any atom is 0.453 e. The van der Waals surface area contributed by atoms with E-state index in [1.165, 1.54) is 13.8 Å². The van der Waals surface area contributed by atoms with Crippen molar-refractivity contribution in [3.63, 3.8) is 0 Å². The second-order valence-corrected chi connectivity index (χ2v) is 6.82. The summed E-state index contributed by atoms with van der Waals surface area (Å²) in [4.78, 5) is 25.1. The van der Waals surface area contributed by atoms with Crippen LogP contribution in [0, 0.1) is 5.41 Å². The monoisotopic (exact) mass is 434 g/mol. The summed E-state index contributed by atoms with van der Waals surface area (Å²) >= 11 is 0. The zero-order valence-corrected chi connectivity index (χ0v) is 17.0. The van der Waals surface area contributed by atoms with Gasteiger partial charge in [-0.15, -0.1) is 0 Å². The van der Waals surface area contributed by atoms with Crippen molar-refractivity contribution >= 4 is 11.9 Å². The highest BCUT2D eigenvalue weighted by Crippen LogP contribution is 2.42. The summed E-state index contributed by atoms with van der Waals surface area (Å²) in [6.45, 7) is 2.90. The van der Waals surface area contributed by atoms with Crippen molar-refractivity contribution in [1.29, 1.82) is 0 Å². The Hall–Kier alpha value is -1.45. The second-order valence-electron chi connectivity index (χ2n) is 6.82. The summed E-state index contributed by atoms with van der Waals surface area (Å²) < 4.78 is 73.6. The summed E-state index contributed by atoms with van der Waals surface area (Å²) in [5.74, 6) is -6.85. The number of alkyl halides is 5. The third kappa shape index (κ3) is 8.84. The van der Waals surface area contributed by atoms with Crippen LogP contribution in [0.5, 0.6) is 0 Å². The minimum Gasteiger partial charge on any atom is -0.465 e. The van der Waals surface area contributed by atoms with Crippen molar-refractivity contribution in [2.24, 2.45) is 5.41 Å². The molecule has 0 bridgehead atoms. The van der Waals surface area contributed by atoms with Crippen molar-refractivity contribution in [2.45, 2.75) is 83.7 Å². The van der Waals surface area contributed by atoms with Crippen molar-refractivity contribution < 1.29 is 46.1 Å². The number of unbranched alkanes of at least 4 members (excludes halogenated alkanes) is 4. The molecule has 0 aliphatic carbocycles. The van der Waals surface area contributed by atoms with Crippen LogP contribution in [0.4, 0.5) is 22.0 Å². The van der Waals surface area contributed by atoms with Gasteiger partial charge in [0.05, 0.1) is 13.2 Å². The van der Waals surface area contributed by atoms with Crippen molar-refractivity contribution in [2.75, 3.05) is 19.8 Å². The van der Waals surface area contributed by atoms with E-state index in [4.69, 9.17) is 14.6 Å². The number of carbonyl (C=O) groups excluding carboxylic acids is 2.